The zero-order chi connectivity index (χ0) is 7.23. The minimum atomic E-state index is 0.824. The minimum absolute atomic E-state index is 0.824. The Morgan fingerprint density at radius 2 is 2.30 bits per heavy atom. The van der Waals surface area contributed by atoms with Gasteiger partial charge in [-0.25, -0.2) is 0 Å². The maximum Gasteiger partial charge on any atom is -0.00613 e. The van der Waals surface area contributed by atoms with Crippen LogP contribution in [0.15, 0.2) is 16.8 Å². The summed E-state index contributed by atoms with van der Waals surface area (Å²) in [7, 11) is 0. The quantitative estimate of drug-likeness (QED) is 0.661. The minimum Gasteiger partial charge on any atom is -0.330 e. The van der Waals surface area contributed by atoms with E-state index >= 15 is 0 Å². The molecule has 0 unspecified atom stereocenters. The molecular weight excluding hydrogens is 142 g/mol. The maximum atomic E-state index is 5.37. The fourth-order valence-corrected chi connectivity index (χ4v) is 1.61. The molecule has 1 aromatic rings. The van der Waals surface area contributed by atoms with Gasteiger partial charge >= 0.3 is 0 Å². The molecule has 0 aliphatic rings. The van der Waals surface area contributed by atoms with Gasteiger partial charge < -0.3 is 5.73 Å². The molecule has 0 fully saturated rings. The van der Waals surface area contributed by atoms with Crippen molar-refractivity contribution in [3.63, 3.8) is 0 Å². The van der Waals surface area contributed by atoms with Crippen molar-refractivity contribution in [2.24, 2.45) is 5.73 Å². The van der Waals surface area contributed by atoms with Crippen molar-refractivity contribution in [1.29, 1.82) is 0 Å². The van der Waals surface area contributed by atoms with Crippen molar-refractivity contribution in [2.75, 3.05) is 6.54 Å². The summed E-state index contributed by atoms with van der Waals surface area (Å²) >= 11 is 1.77. The summed E-state index contributed by atoms with van der Waals surface area (Å²) in [6.07, 6.45) is 3.57. The zero-order valence-electron chi connectivity index (χ0n) is 6.05. The summed E-state index contributed by atoms with van der Waals surface area (Å²) in [4.78, 5) is 0. The first-order valence-corrected chi connectivity index (χ1v) is 4.59. The second kappa shape index (κ2) is 4.47. The summed E-state index contributed by atoms with van der Waals surface area (Å²) < 4.78 is 0. The zero-order valence-corrected chi connectivity index (χ0v) is 6.86. The molecule has 0 aliphatic carbocycles. The highest BCUT2D eigenvalue weighted by atomic mass is 32.1. The Labute approximate surface area is 65.9 Å². The van der Waals surface area contributed by atoms with Gasteiger partial charge in [0.15, 0.2) is 0 Å². The van der Waals surface area contributed by atoms with E-state index in [-0.39, 0.29) is 0 Å². The number of hydrogen-bond acceptors (Lipinski definition) is 2. The highest BCUT2D eigenvalue weighted by Gasteiger charge is 1.90. The lowest BCUT2D eigenvalue weighted by Gasteiger charge is -1.94. The van der Waals surface area contributed by atoms with Gasteiger partial charge in [-0.15, -0.1) is 0 Å². The Bertz CT molecular complexity index is 158. The smallest absolute Gasteiger partial charge is 0.00613 e. The Morgan fingerprint density at radius 3 is 2.90 bits per heavy atom. The molecule has 0 saturated carbocycles. The van der Waals surface area contributed by atoms with Crippen LogP contribution >= 0.6 is 11.3 Å². The predicted molar refractivity (Wildman–Crippen MR) is 46.3 cm³/mol. The van der Waals surface area contributed by atoms with E-state index in [2.05, 4.69) is 16.8 Å². The van der Waals surface area contributed by atoms with Crippen LogP contribution in [0.3, 0.4) is 0 Å². The van der Waals surface area contributed by atoms with Crippen molar-refractivity contribution in [2.45, 2.75) is 19.3 Å². The monoisotopic (exact) mass is 155 g/mol. The number of thiophene rings is 1. The Kier molecular flexibility index (Phi) is 3.47. The standard InChI is InChI=1S/C8H13NS/c9-5-2-1-3-8-4-6-10-7-8/h4,6-7H,1-3,5,9H2. The van der Waals surface area contributed by atoms with Gasteiger partial charge in [0.1, 0.15) is 0 Å². The van der Waals surface area contributed by atoms with E-state index < -0.39 is 0 Å². The van der Waals surface area contributed by atoms with Gasteiger partial charge in [-0.2, -0.15) is 11.3 Å². The lowest BCUT2D eigenvalue weighted by Crippen LogP contribution is -1.98. The lowest BCUT2D eigenvalue weighted by atomic mass is 10.1. The van der Waals surface area contributed by atoms with Crippen LogP contribution in [0.25, 0.3) is 0 Å². The van der Waals surface area contributed by atoms with Crippen LogP contribution in [0.4, 0.5) is 0 Å². The largest absolute Gasteiger partial charge is 0.330 e. The van der Waals surface area contributed by atoms with Crippen LogP contribution < -0.4 is 5.73 Å². The fourth-order valence-electron chi connectivity index (χ4n) is 0.908. The third-order valence-corrected chi connectivity index (χ3v) is 2.23. The molecule has 1 heterocycles. The van der Waals surface area contributed by atoms with Crippen LogP contribution in [-0.4, -0.2) is 6.54 Å². The van der Waals surface area contributed by atoms with E-state index in [0.29, 0.717) is 0 Å². The van der Waals surface area contributed by atoms with Crippen LogP contribution in [-0.2, 0) is 6.42 Å². The Balaban J connectivity index is 2.15. The molecule has 0 bridgehead atoms. The van der Waals surface area contributed by atoms with Crippen molar-refractivity contribution in [3.05, 3.63) is 22.4 Å². The molecule has 1 rings (SSSR count). The number of nitrogens with two attached hydrogens (primary N) is 1. The average molecular weight is 155 g/mol. The van der Waals surface area contributed by atoms with Crippen LogP contribution in [0, 0.1) is 0 Å². The maximum absolute atomic E-state index is 5.37. The van der Waals surface area contributed by atoms with E-state index in [1.807, 2.05) is 0 Å². The van der Waals surface area contributed by atoms with E-state index in [9.17, 15) is 0 Å². The van der Waals surface area contributed by atoms with Crippen LogP contribution in [0.1, 0.15) is 18.4 Å². The first kappa shape index (κ1) is 7.76. The summed E-state index contributed by atoms with van der Waals surface area (Å²) in [5, 5.41) is 4.33. The molecule has 1 aromatic heterocycles. The Morgan fingerprint density at radius 1 is 1.40 bits per heavy atom. The van der Waals surface area contributed by atoms with Crippen molar-refractivity contribution >= 4 is 11.3 Å². The number of hydrogen-bond donors (Lipinski definition) is 1. The second-order valence-corrected chi connectivity index (χ2v) is 3.16. The van der Waals surface area contributed by atoms with Crippen molar-refractivity contribution in [1.82, 2.24) is 0 Å². The van der Waals surface area contributed by atoms with E-state index in [4.69, 9.17) is 5.73 Å². The highest BCUT2D eigenvalue weighted by molar-refractivity contribution is 7.07. The van der Waals surface area contributed by atoms with E-state index in [0.717, 1.165) is 13.0 Å². The lowest BCUT2D eigenvalue weighted by molar-refractivity contribution is 0.746. The molecule has 0 spiro atoms. The number of aryl methyl sites for hydroxylation is 1. The third-order valence-electron chi connectivity index (χ3n) is 1.50. The van der Waals surface area contributed by atoms with Gasteiger partial charge in [-0.3, -0.25) is 0 Å². The molecule has 0 atom stereocenters. The molecule has 0 radical (unpaired) electrons. The molecule has 2 N–H and O–H groups in total. The van der Waals surface area contributed by atoms with Crippen LogP contribution in [0.2, 0.25) is 0 Å². The third kappa shape index (κ3) is 2.50. The normalized spacial score (nSPS) is 10.1. The van der Waals surface area contributed by atoms with Gasteiger partial charge in [0.25, 0.3) is 0 Å². The van der Waals surface area contributed by atoms with E-state index in [1.54, 1.807) is 11.3 Å². The summed E-state index contributed by atoms with van der Waals surface area (Å²) in [6, 6.07) is 2.18. The van der Waals surface area contributed by atoms with Gasteiger partial charge in [0.2, 0.25) is 0 Å². The predicted octanol–water partition coefficient (Wildman–Crippen LogP) is 2.03. The molecule has 0 saturated heterocycles. The summed E-state index contributed by atoms with van der Waals surface area (Å²) in [6.45, 7) is 0.824. The molecule has 2 heteroatoms. The topological polar surface area (TPSA) is 26.0 Å². The van der Waals surface area contributed by atoms with Crippen molar-refractivity contribution in [3.8, 4) is 0 Å². The highest BCUT2D eigenvalue weighted by Crippen LogP contribution is 2.08. The first-order chi connectivity index (χ1) is 4.93. The van der Waals surface area contributed by atoms with Crippen LogP contribution in [0.5, 0.6) is 0 Å². The van der Waals surface area contributed by atoms with Crippen molar-refractivity contribution < 1.29 is 0 Å². The molecule has 0 aliphatic heterocycles. The van der Waals surface area contributed by atoms with Gasteiger partial charge in [0, 0.05) is 0 Å². The number of rotatable bonds is 4. The van der Waals surface area contributed by atoms with Gasteiger partial charge in [-0.05, 0) is 48.2 Å². The fraction of sp³-hybridized carbons (Fsp3) is 0.500. The summed E-state index contributed by atoms with van der Waals surface area (Å²) in [5.74, 6) is 0. The molecule has 56 valence electrons. The molecule has 0 amide bonds. The Hall–Kier alpha value is -0.340. The molecule has 0 aromatic carbocycles. The molecule has 1 nitrogen and oxygen atoms in total. The molecular formula is C8H13NS. The van der Waals surface area contributed by atoms with E-state index in [1.165, 1.54) is 18.4 Å². The van der Waals surface area contributed by atoms with Gasteiger partial charge in [0.05, 0.1) is 0 Å². The number of unbranched alkanes of at least 4 members (excludes halogenated alkanes) is 1. The first-order valence-electron chi connectivity index (χ1n) is 3.64. The van der Waals surface area contributed by atoms with Gasteiger partial charge in [-0.1, -0.05) is 0 Å². The SMILES string of the molecule is NCCCCc1ccsc1. The molecule has 10 heavy (non-hydrogen) atoms. The summed E-state index contributed by atoms with van der Waals surface area (Å²) in [5.41, 5.74) is 6.83. The average Bonchev–Trinajstić information content (AvgIpc) is 2.41. The second-order valence-electron chi connectivity index (χ2n) is 2.38.